The van der Waals surface area contributed by atoms with Gasteiger partial charge < -0.3 is 15.0 Å². The van der Waals surface area contributed by atoms with Crippen molar-refractivity contribution in [3.05, 3.63) is 52.8 Å². The number of ether oxygens (including phenoxy) is 1. The van der Waals surface area contributed by atoms with Crippen LogP contribution in [0.4, 0.5) is 0 Å². The number of hydrogen-bond acceptors (Lipinski definition) is 4. The van der Waals surface area contributed by atoms with Gasteiger partial charge in [0.15, 0.2) is 0 Å². The molecule has 0 aliphatic carbocycles. The largest absolute Gasteiger partial charge is 0.376 e. The Balaban J connectivity index is 1.64. The molecule has 0 radical (unpaired) electrons. The second-order valence-electron chi connectivity index (χ2n) is 7.87. The molecular weight excluding hydrogens is 348 g/mol. The van der Waals surface area contributed by atoms with Crippen LogP contribution in [-0.4, -0.2) is 23.1 Å². The van der Waals surface area contributed by atoms with Gasteiger partial charge in [-0.05, 0) is 72.7 Å². The Bertz CT molecular complexity index is 1070. The van der Waals surface area contributed by atoms with Gasteiger partial charge in [-0.15, -0.1) is 0 Å². The van der Waals surface area contributed by atoms with Gasteiger partial charge in [-0.2, -0.15) is 5.26 Å². The number of rotatable bonds is 3. The molecule has 5 rings (SSSR count). The molecule has 3 aromatic rings. The maximum Gasteiger partial charge on any atom is 0.137 e. The number of pyridine rings is 1. The number of nitrogens with one attached hydrogen (secondary N) is 2. The molecular formula is C23H24N4O. The second-order valence-corrected chi connectivity index (χ2v) is 7.87. The number of nitriles is 1. The van der Waals surface area contributed by atoms with Crippen LogP contribution < -0.4 is 5.32 Å². The van der Waals surface area contributed by atoms with Crippen LogP contribution in [-0.2, 0) is 17.8 Å². The summed E-state index contributed by atoms with van der Waals surface area (Å²) in [6.45, 7) is 4.50. The Morgan fingerprint density at radius 3 is 3.04 bits per heavy atom. The molecule has 2 N–H and O–H groups in total. The third kappa shape index (κ3) is 2.90. The van der Waals surface area contributed by atoms with Crippen molar-refractivity contribution >= 4 is 11.0 Å². The van der Waals surface area contributed by atoms with Crippen molar-refractivity contribution in [2.45, 2.75) is 44.8 Å². The van der Waals surface area contributed by atoms with Crippen molar-refractivity contribution in [2.24, 2.45) is 0 Å². The van der Waals surface area contributed by atoms with E-state index in [4.69, 9.17) is 4.74 Å². The molecule has 4 heterocycles. The first-order valence-corrected chi connectivity index (χ1v) is 10.1. The monoisotopic (exact) mass is 372 g/mol. The van der Waals surface area contributed by atoms with E-state index in [0.717, 1.165) is 41.7 Å². The molecule has 2 aliphatic heterocycles. The third-order valence-corrected chi connectivity index (χ3v) is 6.13. The maximum absolute atomic E-state index is 9.34. The predicted molar refractivity (Wildman–Crippen MR) is 109 cm³/mol. The minimum atomic E-state index is -0.162. The summed E-state index contributed by atoms with van der Waals surface area (Å²) < 4.78 is 5.77. The van der Waals surface area contributed by atoms with Crippen molar-refractivity contribution in [3.8, 4) is 17.2 Å². The van der Waals surface area contributed by atoms with Crippen molar-refractivity contribution in [3.63, 3.8) is 0 Å². The van der Waals surface area contributed by atoms with E-state index in [-0.39, 0.29) is 5.92 Å². The van der Waals surface area contributed by atoms with E-state index in [1.165, 1.54) is 35.1 Å². The lowest BCUT2D eigenvalue weighted by Crippen LogP contribution is -2.19. The fraction of sp³-hybridized carbons (Fsp3) is 0.391. The molecule has 0 bridgehead atoms. The molecule has 1 aromatic carbocycles. The lowest BCUT2D eigenvalue weighted by molar-refractivity contribution is 0.109. The summed E-state index contributed by atoms with van der Waals surface area (Å²) in [5.41, 5.74) is 8.30. The van der Waals surface area contributed by atoms with Gasteiger partial charge in [0, 0.05) is 29.4 Å². The van der Waals surface area contributed by atoms with Gasteiger partial charge in [0.1, 0.15) is 5.65 Å². The van der Waals surface area contributed by atoms with Crippen LogP contribution >= 0.6 is 0 Å². The fourth-order valence-electron chi connectivity index (χ4n) is 4.55. The lowest BCUT2D eigenvalue weighted by atomic mass is 9.88. The van der Waals surface area contributed by atoms with E-state index < -0.39 is 0 Å². The summed E-state index contributed by atoms with van der Waals surface area (Å²) in [6.07, 6.45) is 7.20. The number of H-pyrrole nitrogens is 1. The number of fused-ring (bicyclic) bond motifs is 2. The standard InChI is InChI=1S/C23H24N4O/c1-14(10-24)20-12-27-23-19(20)9-17(11-26-23)16-7-15-4-6-28-13-21(15)18(8-16)22-3-2-5-25-22/h7-9,11-12,14,22,25H,2-6,13H2,1H3,(H,26,27)/t14-,22?/m0/s1. The van der Waals surface area contributed by atoms with Gasteiger partial charge >= 0.3 is 0 Å². The first-order chi connectivity index (χ1) is 13.7. The molecule has 5 nitrogen and oxygen atoms in total. The molecule has 2 aromatic heterocycles. The average molecular weight is 372 g/mol. The van der Waals surface area contributed by atoms with Crippen LogP contribution in [0, 0.1) is 11.3 Å². The summed E-state index contributed by atoms with van der Waals surface area (Å²) in [4.78, 5) is 7.83. The molecule has 0 saturated carbocycles. The molecule has 5 heteroatoms. The highest BCUT2D eigenvalue weighted by Crippen LogP contribution is 2.36. The van der Waals surface area contributed by atoms with Gasteiger partial charge in [0.2, 0.25) is 0 Å². The minimum absolute atomic E-state index is 0.162. The lowest BCUT2D eigenvalue weighted by Gasteiger charge is -2.24. The number of nitrogens with zero attached hydrogens (tertiary/aromatic N) is 2. The third-order valence-electron chi connectivity index (χ3n) is 6.13. The Morgan fingerprint density at radius 1 is 1.29 bits per heavy atom. The summed E-state index contributed by atoms with van der Waals surface area (Å²) in [7, 11) is 0. The Kier molecular flexibility index (Phi) is 4.38. The highest BCUT2D eigenvalue weighted by atomic mass is 16.5. The SMILES string of the molecule is C[C@@H](C#N)c1c[nH]c2ncc(-c3cc4c(c(C5CCCN5)c3)COCC4)cc12. The molecule has 0 amide bonds. The minimum Gasteiger partial charge on any atom is -0.376 e. The molecule has 1 fully saturated rings. The highest BCUT2D eigenvalue weighted by Gasteiger charge is 2.24. The molecule has 0 spiro atoms. The van der Waals surface area contributed by atoms with E-state index in [0.29, 0.717) is 12.6 Å². The van der Waals surface area contributed by atoms with Crippen molar-refractivity contribution in [1.82, 2.24) is 15.3 Å². The first kappa shape index (κ1) is 17.4. The van der Waals surface area contributed by atoms with E-state index in [9.17, 15) is 5.26 Å². The second kappa shape index (κ2) is 7.05. The summed E-state index contributed by atoms with van der Waals surface area (Å²) in [5.74, 6) is -0.162. The zero-order valence-electron chi connectivity index (χ0n) is 16.1. The fourth-order valence-corrected chi connectivity index (χ4v) is 4.55. The van der Waals surface area contributed by atoms with Crippen molar-refractivity contribution < 1.29 is 4.74 Å². The van der Waals surface area contributed by atoms with Gasteiger partial charge in [0.25, 0.3) is 0 Å². The van der Waals surface area contributed by atoms with Crippen LogP contribution in [0.2, 0.25) is 0 Å². The Labute approximate surface area is 164 Å². The van der Waals surface area contributed by atoms with Gasteiger partial charge in [-0.3, -0.25) is 0 Å². The van der Waals surface area contributed by atoms with Crippen LogP contribution in [0.3, 0.4) is 0 Å². The first-order valence-electron chi connectivity index (χ1n) is 10.1. The van der Waals surface area contributed by atoms with E-state index in [1.807, 2.05) is 19.3 Å². The quantitative estimate of drug-likeness (QED) is 0.717. The van der Waals surface area contributed by atoms with E-state index in [1.54, 1.807) is 0 Å². The molecule has 2 atom stereocenters. The number of aromatic amines is 1. The van der Waals surface area contributed by atoms with E-state index >= 15 is 0 Å². The molecule has 1 saturated heterocycles. The molecule has 142 valence electrons. The molecule has 28 heavy (non-hydrogen) atoms. The number of benzene rings is 1. The zero-order chi connectivity index (χ0) is 19.1. The average Bonchev–Trinajstić information content (AvgIpc) is 3.42. The van der Waals surface area contributed by atoms with Gasteiger partial charge in [-0.25, -0.2) is 4.98 Å². The zero-order valence-corrected chi connectivity index (χ0v) is 16.1. The van der Waals surface area contributed by atoms with Crippen molar-refractivity contribution in [1.29, 1.82) is 5.26 Å². The topological polar surface area (TPSA) is 73.7 Å². The van der Waals surface area contributed by atoms with Gasteiger partial charge in [-0.1, -0.05) is 6.07 Å². The van der Waals surface area contributed by atoms with Crippen molar-refractivity contribution in [2.75, 3.05) is 13.2 Å². The molecule has 1 unspecified atom stereocenters. The molecule has 2 aliphatic rings. The highest BCUT2D eigenvalue weighted by molar-refractivity contribution is 5.85. The normalized spacial score (nSPS) is 20.1. The predicted octanol–water partition coefficient (Wildman–Crippen LogP) is 4.35. The summed E-state index contributed by atoms with van der Waals surface area (Å²) >= 11 is 0. The van der Waals surface area contributed by atoms with Crippen LogP contribution in [0.25, 0.3) is 22.2 Å². The number of hydrogen-bond donors (Lipinski definition) is 2. The van der Waals surface area contributed by atoms with Gasteiger partial charge in [0.05, 0.1) is 25.2 Å². The van der Waals surface area contributed by atoms with Crippen LogP contribution in [0.15, 0.2) is 30.6 Å². The Morgan fingerprint density at radius 2 is 2.21 bits per heavy atom. The van der Waals surface area contributed by atoms with Crippen LogP contribution in [0.5, 0.6) is 0 Å². The maximum atomic E-state index is 9.34. The van der Waals surface area contributed by atoms with Crippen LogP contribution in [0.1, 0.15) is 54.0 Å². The summed E-state index contributed by atoms with van der Waals surface area (Å²) in [6, 6.07) is 9.55. The Hall–Kier alpha value is -2.68. The summed E-state index contributed by atoms with van der Waals surface area (Å²) in [5, 5.41) is 14.0. The smallest absolute Gasteiger partial charge is 0.137 e. The van der Waals surface area contributed by atoms with E-state index in [2.05, 4.69) is 39.6 Å². The number of aromatic nitrogens is 2.